The van der Waals surface area contributed by atoms with Crippen LogP contribution in [0.2, 0.25) is 0 Å². The summed E-state index contributed by atoms with van der Waals surface area (Å²) in [5, 5.41) is 5.67. The highest BCUT2D eigenvalue weighted by Crippen LogP contribution is 2.19. The van der Waals surface area contributed by atoms with Gasteiger partial charge in [0.2, 0.25) is 10.0 Å². The maximum absolute atomic E-state index is 12.1. The van der Waals surface area contributed by atoms with Gasteiger partial charge in [-0.3, -0.25) is 4.68 Å². The van der Waals surface area contributed by atoms with Crippen molar-refractivity contribution in [3.05, 3.63) is 33.8 Å². The van der Waals surface area contributed by atoms with Gasteiger partial charge in [-0.05, 0) is 13.0 Å². The summed E-state index contributed by atoms with van der Waals surface area (Å²) in [6, 6.07) is 1.60. The first-order valence-corrected chi connectivity index (χ1v) is 8.05. The smallest absolute Gasteiger partial charge is 0.241 e. The molecule has 2 aromatic rings. The number of sulfonamides is 1. The number of hydrogen-bond acceptors (Lipinski definition) is 5. The first-order chi connectivity index (χ1) is 8.94. The van der Waals surface area contributed by atoms with E-state index in [1.165, 1.54) is 11.3 Å². The maximum Gasteiger partial charge on any atom is 0.241 e. The normalized spacial score (nSPS) is 11.9. The molecule has 0 spiro atoms. The highest BCUT2D eigenvalue weighted by atomic mass is 32.2. The van der Waals surface area contributed by atoms with Gasteiger partial charge in [0.25, 0.3) is 0 Å². The summed E-state index contributed by atoms with van der Waals surface area (Å²) in [7, 11) is -1.67. The van der Waals surface area contributed by atoms with Crippen molar-refractivity contribution in [3.8, 4) is 0 Å². The third kappa shape index (κ3) is 3.03. The molecule has 0 amide bonds. The Morgan fingerprint density at radius 2 is 2.26 bits per heavy atom. The van der Waals surface area contributed by atoms with E-state index in [-0.39, 0.29) is 11.4 Å². The minimum atomic E-state index is -3.49. The Labute approximate surface area is 116 Å². The fourth-order valence-electron chi connectivity index (χ4n) is 1.58. The van der Waals surface area contributed by atoms with E-state index < -0.39 is 10.0 Å². The first-order valence-electron chi connectivity index (χ1n) is 5.68. The molecule has 0 unspecified atom stereocenters. The molecule has 19 heavy (non-hydrogen) atoms. The van der Waals surface area contributed by atoms with Crippen molar-refractivity contribution in [2.24, 2.45) is 12.8 Å². The number of nitrogens with two attached hydrogens (primary N) is 1. The second kappa shape index (κ2) is 5.41. The molecule has 104 valence electrons. The fourth-order valence-corrected chi connectivity index (χ4v) is 3.74. The second-order valence-electron chi connectivity index (χ2n) is 4.16. The molecule has 3 N–H and O–H groups in total. The Hall–Kier alpha value is -1.22. The first kappa shape index (κ1) is 14.2. The summed E-state index contributed by atoms with van der Waals surface area (Å²) >= 11 is 1.34. The lowest BCUT2D eigenvalue weighted by molar-refractivity contribution is 0.581. The maximum atomic E-state index is 12.1. The van der Waals surface area contributed by atoms with Gasteiger partial charge in [0.15, 0.2) is 0 Å². The summed E-state index contributed by atoms with van der Waals surface area (Å²) in [4.78, 5) is 1.11. The molecule has 0 aliphatic heterocycles. The van der Waals surface area contributed by atoms with Crippen LogP contribution in [0.15, 0.2) is 22.5 Å². The fraction of sp³-hybridized carbons (Fsp3) is 0.364. The van der Waals surface area contributed by atoms with Crippen molar-refractivity contribution >= 4 is 21.4 Å². The number of hydrogen-bond donors (Lipinski definition) is 2. The van der Waals surface area contributed by atoms with E-state index in [1.807, 2.05) is 14.0 Å². The minimum absolute atomic E-state index is 0.232. The van der Waals surface area contributed by atoms with E-state index in [0.717, 1.165) is 16.1 Å². The molecular weight excluding hydrogens is 284 g/mol. The summed E-state index contributed by atoms with van der Waals surface area (Å²) in [5.41, 5.74) is 7.28. The van der Waals surface area contributed by atoms with Crippen molar-refractivity contribution < 1.29 is 8.42 Å². The van der Waals surface area contributed by atoms with Gasteiger partial charge in [0, 0.05) is 41.7 Å². The number of rotatable bonds is 5. The average Bonchev–Trinajstić information content (AvgIpc) is 2.97. The van der Waals surface area contributed by atoms with Crippen LogP contribution in [0, 0.1) is 6.92 Å². The molecule has 8 heteroatoms. The van der Waals surface area contributed by atoms with Gasteiger partial charge in [-0.2, -0.15) is 5.10 Å². The van der Waals surface area contributed by atoms with E-state index in [0.29, 0.717) is 6.54 Å². The predicted octanol–water partition coefficient (Wildman–Crippen LogP) is 0.727. The Balaban J connectivity index is 2.11. The zero-order valence-electron chi connectivity index (χ0n) is 10.8. The van der Waals surface area contributed by atoms with Crippen LogP contribution in [0.3, 0.4) is 0 Å². The Kier molecular flexibility index (Phi) is 4.04. The van der Waals surface area contributed by atoms with Gasteiger partial charge in [-0.1, -0.05) is 0 Å². The lowest BCUT2D eigenvalue weighted by atomic mass is 10.3. The van der Waals surface area contributed by atoms with Crippen molar-refractivity contribution in [1.82, 2.24) is 14.5 Å². The van der Waals surface area contributed by atoms with Crippen LogP contribution in [0.4, 0.5) is 0 Å². The molecular formula is C11H16N4O2S2. The van der Waals surface area contributed by atoms with Crippen LogP contribution in [0.25, 0.3) is 0 Å². The standard InChI is InChI=1S/C11H16N4O2S2/c1-8-9(5-13-15(8)2)6-14-19(16,17)11-3-10(4-12)18-7-11/h3,5,7,14H,4,6,12H2,1-2H3. The van der Waals surface area contributed by atoms with Gasteiger partial charge >= 0.3 is 0 Å². The molecule has 0 aliphatic rings. The molecule has 2 rings (SSSR count). The molecule has 0 aromatic carbocycles. The molecule has 0 saturated carbocycles. The number of nitrogens with zero attached hydrogens (tertiary/aromatic N) is 2. The molecule has 6 nitrogen and oxygen atoms in total. The van der Waals surface area contributed by atoms with Crippen molar-refractivity contribution in [3.63, 3.8) is 0 Å². The van der Waals surface area contributed by atoms with Gasteiger partial charge in [-0.25, -0.2) is 13.1 Å². The van der Waals surface area contributed by atoms with Gasteiger partial charge in [-0.15, -0.1) is 11.3 Å². The molecule has 0 bridgehead atoms. The molecule has 0 fully saturated rings. The molecule has 2 aromatic heterocycles. The largest absolute Gasteiger partial charge is 0.326 e. The topological polar surface area (TPSA) is 90.0 Å². The van der Waals surface area contributed by atoms with Crippen LogP contribution in [-0.4, -0.2) is 18.2 Å². The summed E-state index contributed by atoms with van der Waals surface area (Å²) in [6.07, 6.45) is 1.66. The highest BCUT2D eigenvalue weighted by Gasteiger charge is 2.16. The Bertz CT molecular complexity index is 673. The average molecular weight is 300 g/mol. The molecule has 2 heterocycles. The highest BCUT2D eigenvalue weighted by molar-refractivity contribution is 7.89. The second-order valence-corrected chi connectivity index (χ2v) is 6.92. The summed E-state index contributed by atoms with van der Waals surface area (Å²) in [6.45, 7) is 2.48. The molecule has 0 radical (unpaired) electrons. The van der Waals surface area contributed by atoms with Crippen molar-refractivity contribution in [2.75, 3.05) is 0 Å². The summed E-state index contributed by atoms with van der Waals surface area (Å²) < 4.78 is 28.4. The van der Waals surface area contributed by atoms with Gasteiger partial charge in [0.05, 0.1) is 11.1 Å². The van der Waals surface area contributed by atoms with Crippen LogP contribution >= 0.6 is 11.3 Å². The number of thiophene rings is 1. The van der Waals surface area contributed by atoms with E-state index in [4.69, 9.17) is 5.73 Å². The minimum Gasteiger partial charge on any atom is -0.326 e. The zero-order valence-corrected chi connectivity index (χ0v) is 12.4. The zero-order chi connectivity index (χ0) is 14.0. The quantitative estimate of drug-likeness (QED) is 0.851. The van der Waals surface area contributed by atoms with Crippen LogP contribution in [0.5, 0.6) is 0 Å². The van der Waals surface area contributed by atoms with E-state index in [2.05, 4.69) is 9.82 Å². The molecule has 0 aliphatic carbocycles. The van der Waals surface area contributed by atoms with Crippen LogP contribution in [0.1, 0.15) is 16.1 Å². The lowest BCUT2D eigenvalue weighted by Gasteiger charge is -2.04. The SMILES string of the molecule is Cc1c(CNS(=O)(=O)c2csc(CN)c2)cnn1C. The number of aromatic nitrogens is 2. The van der Waals surface area contributed by atoms with E-state index in [1.54, 1.807) is 22.3 Å². The third-order valence-corrected chi connectivity index (χ3v) is 5.42. The van der Waals surface area contributed by atoms with Crippen molar-refractivity contribution in [2.45, 2.75) is 24.9 Å². The molecule has 0 saturated heterocycles. The monoisotopic (exact) mass is 300 g/mol. The van der Waals surface area contributed by atoms with Crippen molar-refractivity contribution in [1.29, 1.82) is 0 Å². The predicted molar refractivity (Wildman–Crippen MR) is 74.2 cm³/mol. The van der Waals surface area contributed by atoms with Crippen LogP contribution < -0.4 is 10.5 Å². The van der Waals surface area contributed by atoms with Gasteiger partial charge in [0.1, 0.15) is 0 Å². The Morgan fingerprint density at radius 3 is 2.79 bits per heavy atom. The van der Waals surface area contributed by atoms with E-state index in [9.17, 15) is 8.42 Å². The molecule has 0 atom stereocenters. The third-order valence-electron chi connectivity index (χ3n) is 2.93. The van der Waals surface area contributed by atoms with Gasteiger partial charge < -0.3 is 5.73 Å². The van der Waals surface area contributed by atoms with E-state index >= 15 is 0 Å². The number of nitrogens with one attached hydrogen (secondary N) is 1. The lowest BCUT2D eigenvalue weighted by Crippen LogP contribution is -2.23. The van der Waals surface area contributed by atoms with Crippen LogP contribution in [-0.2, 0) is 30.2 Å². The Morgan fingerprint density at radius 1 is 1.53 bits per heavy atom. The summed E-state index contributed by atoms with van der Waals surface area (Å²) in [5.74, 6) is 0. The number of aryl methyl sites for hydroxylation is 1.